The summed E-state index contributed by atoms with van der Waals surface area (Å²) >= 11 is 5.84. The fraction of sp³-hybridized carbons (Fsp3) is 0. The van der Waals surface area contributed by atoms with E-state index in [-0.39, 0.29) is 15.7 Å². The molecule has 0 bridgehead atoms. The van der Waals surface area contributed by atoms with E-state index in [9.17, 15) is 14.8 Å². The summed E-state index contributed by atoms with van der Waals surface area (Å²) in [6.07, 6.45) is 0. The largest absolute Gasteiger partial charge is 0.410 e. The summed E-state index contributed by atoms with van der Waals surface area (Å²) in [5.74, 6) is 0. The maximum Gasteiger partial charge on any atom is 0.310 e. The number of aromatic amines is 1. The molecule has 3 aromatic rings. The third-order valence-corrected chi connectivity index (χ3v) is 2.86. The molecule has 0 radical (unpaired) electrons. The lowest BCUT2D eigenvalue weighted by molar-refractivity contribution is 0.134. The molecule has 0 unspecified atom stereocenters. The van der Waals surface area contributed by atoms with Crippen LogP contribution in [0.15, 0.2) is 33.9 Å². The van der Waals surface area contributed by atoms with Crippen LogP contribution in [0.1, 0.15) is 0 Å². The van der Waals surface area contributed by atoms with Gasteiger partial charge in [-0.3, -0.25) is 9.59 Å². The third kappa shape index (κ3) is 1.46. The van der Waals surface area contributed by atoms with Gasteiger partial charge in [0.2, 0.25) is 0 Å². The Kier molecular flexibility index (Phi) is 2.14. The number of nitrogens with zero attached hydrogens (tertiary/aromatic N) is 2. The highest BCUT2D eigenvalue weighted by molar-refractivity contribution is 6.31. The molecular weight excluding hydrogens is 258 g/mol. The van der Waals surface area contributed by atoms with E-state index in [4.69, 9.17) is 11.6 Å². The van der Waals surface area contributed by atoms with E-state index in [1.165, 1.54) is 6.07 Å². The lowest BCUT2D eigenvalue weighted by atomic mass is 10.1. The summed E-state index contributed by atoms with van der Waals surface area (Å²) in [5, 5.41) is 12.4. The van der Waals surface area contributed by atoms with Crippen LogP contribution in [0, 0.1) is 0 Å². The van der Waals surface area contributed by atoms with E-state index in [0.717, 1.165) is 0 Å². The van der Waals surface area contributed by atoms with Gasteiger partial charge in [-0.2, -0.15) is 0 Å². The molecule has 2 heterocycles. The Labute approximate surface area is 104 Å². The molecule has 0 aliphatic heterocycles. The normalized spacial score (nSPS) is 11.2. The second-order valence-corrected chi connectivity index (χ2v) is 4.22. The molecule has 0 saturated heterocycles. The zero-order chi connectivity index (χ0) is 12.9. The average molecular weight is 264 g/mol. The van der Waals surface area contributed by atoms with Gasteiger partial charge in [0.15, 0.2) is 0 Å². The first kappa shape index (κ1) is 10.8. The molecule has 0 aliphatic carbocycles. The van der Waals surface area contributed by atoms with Crippen LogP contribution in [0.3, 0.4) is 0 Å². The minimum absolute atomic E-state index is 0.0138. The number of fused-ring (bicyclic) bond motifs is 2. The number of halogens is 1. The molecule has 0 amide bonds. The Morgan fingerprint density at radius 1 is 1.28 bits per heavy atom. The number of H-pyrrole nitrogens is 1. The number of aromatic nitrogens is 3. The van der Waals surface area contributed by atoms with E-state index in [0.29, 0.717) is 15.9 Å². The summed E-state index contributed by atoms with van der Waals surface area (Å²) in [6, 6.07) is 6.41. The second-order valence-electron chi connectivity index (χ2n) is 3.78. The molecular formula is C11H6ClN3O3. The molecule has 7 heteroatoms. The van der Waals surface area contributed by atoms with Crippen molar-refractivity contribution in [1.29, 1.82) is 0 Å². The lowest BCUT2D eigenvalue weighted by Gasteiger charge is -2.02. The molecule has 3 rings (SSSR count). The molecule has 0 fully saturated rings. The van der Waals surface area contributed by atoms with Gasteiger partial charge in [0.1, 0.15) is 5.52 Å². The van der Waals surface area contributed by atoms with E-state index < -0.39 is 11.1 Å². The van der Waals surface area contributed by atoms with Gasteiger partial charge in [0.05, 0.1) is 10.9 Å². The topological polar surface area (TPSA) is 88.0 Å². The van der Waals surface area contributed by atoms with E-state index >= 15 is 0 Å². The predicted molar refractivity (Wildman–Crippen MR) is 66.3 cm³/mol. The zero-order valence-corrected chi connectivity index (χ0v) is 9.60. The Morgan fingerprint density at radius 2 is 2.06 bits per heavy atom. The Bertz CT molecular complexity index is 898. The fourth-order valence-electron chi connectivity index (χ4n) is 1.80. The first-order valence-electron chi connectivity index (χ1n) is 5.01. The van der Waals surface area contributed by atoms with E-state index in [1.54, 1.807) is 18.2 Å². The molecule has 2 N–H and O–H groups in total. The summed E-state index contributed by atoms with van der Waals surface area (Å²) in [5.41, 5.74) is -0.837. The Balaban J connectivity index is 2.61. The molecule has 18 heavy (non-hydrogen) atoms. The zero-order valence-electron chi connectivity index (χ0n) is 8.85. The highest BCUT2D eigenvalue weighted by Crippen LogP contribution is 2.19. The maximum absolute atomic E-state index is 11.7. The van der Waals surface area contributed by atoms with Crippen molar-refractivity contribution in [3.63, 3.8) is 0 Å². The van der Waals surface area contributed by atoms with E-state index in [2.05, 4.69) is 4.98 Å². The maximum atomic E-state index is 11.7. The van der Waals surface area contributed by atoms with Gasteiger partial charge >= 0.3 is 5.56 Å². The van der Waals surface area contributed by atoms with E-state index in [1.807, 2.05) is 5.10 Å². The second kappa shape index (κ2) is 3.58. The van der Waals surface area contributed by atoms with Crippen molar-refractivity contribution in [2.45, 2.75) is 0 Å². The first-order valence-corrected chi connectivity index (χ1v) is 5.39. The molecule has 90 valence electrons. The summed E-state index contributed by atoms with van der Waals surface area (Å²) in [7, 11) is 0. The van der Waals surface area contributed by atoms with Crippen LogP contribution in [-0.2, 0) is 0 Å². The van der Waals surface area contributed by atoms with Crippen molar-refractivity contribution >= 4 is 33.4 Å². The number of rotatable bonds is 0. The van der Waals surface area contributed by atoms with Crippen molar-refractivity contribution < 1.29 is 5.21 Å². The van der Waals surface area contributed by atoms with Gasteiger partial charge in [0, 0.05) is 10.4 Å². The average Bonchev–Trinajstić information content (AvgIpc) is 2.34. The minimum Gasteiger partial charge on any atom is -0.410 e. The fourth-order valence-corrected chi connectivity index (χ4v) is 1.98. The number of benzene rings is 1. The Morgan fingerprint density at radius 3 is 2.83 bits per heavy atom. The van der Waals surface area contributed by atoms with Crippen LogP contribution in [0.4, 0.5) is 0 Å². The van der Waals surface area contributed by atoms with Crippen LogP contribution in [0.2, 0.25) is 5.02 Å². The van der Waals surface area contributed by atoms with Crippen LogP contribution >= 0.6 is 11.6 Å². The third-order valence-electron chi connectivity index (χ3n) is 2.62. The summed E-state index contributed by atoms with van der Waals surface area (Å²) in [4.78, 5) is 27.5. The van der Waals surface area contributed by atoms with Gasteiger partial charge in [-0.15, -0.1) is 0 Å². The summed E-state index contributed by atoms with van der Waals surface area (Å²) < 4.78 is 0. The summed E-state index contributed by atoms with van der Waals surface area (Å²) in [6.45, 7) is 0. The highest BCUT2D eigenvalue weighted by atomic mass is 35.5. The first-order chi connectivity index (χ1) is 8.56. The smallest absolute Gasteiger partial charge is 0.310 e. The quantitative estimate of drug-likeness (QED) is 0.470. The highest BCUT2D eigenvalue weighted by Gasteiger charge is 2.09. The van der Waals surface area contributed by atoms with Gasteiger partial charge in [-0.1, -0.05) is 16.4 Å². The van der Waals surface area contributed by atoms with Crippen molar-refractivity contribution in [3.05, 3.63) is 50.0 Å². The Hall–Kier alpha value is -2.34. The van der Waals surface area contributed by atoms with Crippen LogP contribution in [-0.4, -0.2) is 20.1 Å². The van der Waals surface area contributed by atoms with Crippen molar-refractivity contribution in [2.75, 3.05) is 0 Å². The molecule has 0 aliphatic rings. The monoisotopic (exact) mass is 263 g/mol. The van der Waals surface area contributed by atoms with Crippen molar-refractivity contribution in [2.24, 2.45) is 0 Å². The van der Waals surface area contributed by atoms with Crippen molar-refractivity contribution in [3.8, 4) is 0 Å². The van der Waals surface area contributed by atoms with Crippen LogP contribution in [0.5, 0.6) is 0 Å². The van der Waals surface area contributed by atoms with Gasteiger partial charge in [-0.25, -0.2) is 10.1 Å². The minimum atomic E-state index is -0.737. The predicted octanol–water partition coefficient (Wildman–Crippen LogP) is 1.13. The molecule has 2 aromatic heterocycles. The van der Waals surface area contributed by atoms with Crippen molar-refractivity contribution in [1.82, 2.24) is 14.9 Å². The molecule has 0 atom stereocenters. The van der Waals surface area contributed by atoms with Crippen LogP contribution in [0.25, 0.3) is 21.8 Å². The lowest BCUT2D eigenvalue weighted by Crippen LogP contribution is -2.28. The van der Waals surface area contributed by atoms with Gasteiger partial charge in [0.25, 0.3) is 5.56 Å². The standard InChI is InChI=1S/C11H6ClN3O3/c12-6-1-2-8-5(3-6)4-7-9(13-8)10(16)14-15(18)11(7)17/h1-4,18H,(H,14,16). The molecule has 6 nitrogen and oxygen atoms in total. The number of hydrogen-bond donors (Lipinski definition) is 2. The molecule has 0 saturated carbocycles. The van der Waals surface area contributed by atoms with Gasteiger partial charge in [-0.05, 0) is 24.3 Å². The van der Waals surface area contributed by atoms with Gasteiger partial charge < -0.3 is 5.21 Å². The molecule has 1 aromatic carbocycles. The number of pyridine rings is 1. The molecule has 0 spiro atoms. The number of hydrogen-bond acceptors (Lipinski definition) is 4. The number of nitrogens with one attached hydrogen (secondary N) is 1. The SMILES string of the molecule is O=c1[nH]n(O)c(=O)c2cc3cc(Cl)ccc3nc12. The van der Waals surface area contributed by atoms with Crippen LogP contribution < -0.4 is 11.1 Å².